The fourth-order valence-corrected chi connectivity index (χ4v) is 2.22. The molecular formula is C20H23NO2. The second-order valence-corrected chi connectivity index (χ2v) is 5.93. The number of aryl methyl sites for hydroxylation is 1. The maximum atomic E-state index is 11.9. The lowest BCUT2D eigenvalue weighted by Gasteiger charge is -2.24. The van der Waals surface area contributed by atoms with Crippen molar-refractivity contribution < 1.29 is 9.90 Å². The van der Waals surface area contributed by atoms with Crippen LogP contribution in [0.15, 0.2) is 60.7 Å². The van der Waals surface area contributed by atoms with Crippen LogP contribution in [0, 0.1) is 6.92 Å². The van der Waals surface area contributed by atoms with Gasteiger partial charge in [0.05, 0.1) is 6.54 Å². The molecule has 23 heavy (non-hydrogen) atoms. The Bertz CT molecular complexity index is 658. The molecule has 2 rings (SSSR count). The molecule has 1 atom stereocenters. The van der Waals surface area contributed by atoms with Crippen LogP contribution in [-0.4, -0.2) is 17.6 Å². The molecule has 0 aliphatic heterocycles. The standard InChI is InChI=1S/C20H23NO2/c1-16-11-13-17(14-12-16)7-6-10-19(22)21-15-20(2,23)18-8-4-3-5-9-18/h3-9,11-14,23H,10,15H2,1-2H3,(H,21,22). The minimum Gasteiger partial charge on any atom is -0.384 e. The minimum atomic E-state index is -1.07. The fraction of sp³-hybridized carbons (Fsp3) is 0.250. The molecule has 2 N–H and O–H groups in total. The van der Waals surface area contributed by atoms with Gasteiger partial charge in [0.25, 0.3) is 0 Å². The van der Waals surface area contributed by atoms with Gasteiger partial charge in [0.2, 0.25) is 5.91 Å². The number of benzene rings is 2. The summed E-state index contributed by atoms with van der Waals surface area (Å²) in [6.45, 7) is 3.93. The van der Waals surface area contributed by atoms with E-state index < -0.39 is 5.60 Å². The third-order valence-corrected chi connectivity index (χ3v) is 3.72. The topological polar surface area (TPSA) is 49.3 Å². The highest BCUT2D eigenvalue weighted by molar-refractivity contribution is 5.78. The highest BCUT2D eigenvalue weighted by atomic mass is 16.3. The molecule has 2 aromatic carbocycles. The molecule has 120 valence electrons. The molecule has 0 fully saturated rings. The Labute approximate surface area is 137 Å². The Morgan fingerprint density at radius 1 is 1.13 bits per heavy atom. The van der Waals surface area contributed by atoms with E-state index in [9.17, 15) is 9.90 Å². The van der Waals surface area contributed by atoms with Crippen molar-refractivity contribution in [3.05, 3.63) is 77.4 Å². The average Bonchev–Trinajstić information content (AvgIpc) is 2.56. The molecule has 0 saturated carbocycles. The van der Waals surface area contributed by atoms with Crippen molar-refractivity contribution in [3.8, 4) is 0 Å². The minimum absolute atomic E-state index is 0.107. The summed E-state index contributed by atoms with van der Waals surface area (Å²) in [4.78, 5) is 11.9. The van der Waals surface area contributed by atoms with Crippen LogP contribution in [0.1, 0.15) is 30.0 Å². The smallest absolute Gasteiger partial charge is 0.223 e. The molecule has 3 heteroatoms. The Morgan fingerprint density at radius 3 is 2.43 bits per heavy atom. The van der Waals surface area contributed by atoms with Gasteiger partial charge in [0.15, 0.2) is 0 Å². The lowest BCUT2D eigenvalue weighted by atomic mass is 9.96. The van der Waals surface area contributed by atoms with Crippen LogP contribution in [0.25, 0.3) is 6.08 Å². The van der Waals surface area contributed by atoms with Gasteiger partial charge in [-0.2, -0.15) is 0 Å². The van der Waals surface area contributed by atoms with E-state index in [1.165, 1.54) is 5.56 Å². The lowest BCUT2D eigenvalue weighted by Crippen LogP contribution is -2.38. The summed E-state index contributed by atoms with van der Waals surface area (Å²) in [6, 6.07) is 17.5. The second-order valence-electron chi connectivity index (χ2n) is 5.93. The second kappa shape index (κ2) is 7.75. The van der Waals surface area contributed by atoms with Gasteiger partial charge >= 0.3 is 0 Å². The Balaban J connectivity index is 1.82. The van der Waals surface area contributed by atoms with Crippen LogP contribution in [0.4, 0.5) is 0 Å². The summed E-state index contributed by atoms with van der Waals surface area (Å²) in [5.41, 5.74) is 2.00. The van der Waals surface area contributed by atoms with Gasteiger partial charge in [-0.05, 0) is 25.0 Å². The molecular weight excluding hydrogens is 286 g/mol. The monoisotopic (exact) mass is 309 g/mol. The zero-order chi connectivity index (χ0) is 16.7. The summed E-state index contributed by atoms with van der Waals surface area (Å²) >= 11 is 0. The van der Waals surface area contributed by atoms with Crippen molar-refractivity contribution >= 4 is 12.0 Å². The first kappa shape index (κ1) is 17.0. The van der Waals surface area contributed by atoms with Crippen molar-refractivity contribution in [2.75, 3.05) is 6.54 Å². The molecule has 3 nitrogen and oxygen atoms in total. The van der Waals surface area contributed by atoms with E-state index in [4.69, 9.17) is 0 Å². The zero-order valence-corrected chi connectivity index (χ0v) is 13.6. The number of hydrogen-bond acceptors (Lipinski definition) is 2. The first-order valence-corrected chi connectivity index (χ1v) is 7.75. The maximum absolute atomic E-state index is 11.9. The first-order chi connectivity index (χ1) is 11.0. The molecule has 0 aliphatic carbocycles. The summed E-state index contributed by atoms with van der Waals surface area (Å²) < 4.78 is 0. The number of nitrogens with one attached hydrogen (secondary N) is 1. The average molecular weight is 309 g/mol. The van der Waals surface area contributed by atoms with Crippen molar-refractivity contribution in [3.63, 3.8) is 0 Å². The van der Waals surface area contributed by atoms with Crippen molar-refractivity contribution in [1.29, 1.82) is 0 Å². The van der Waals surface area contributed by atoms with Crippen molar-refractivity contribution in [2.45, 2.75) is 25.9 Å². The Kier molecular flexibility index (Phi) is 5.72. The molecule has 0 heterocycles. The van der Waals surface area contributed by atoms with E-state index in [1.807, 2.05) is 73.7 Å². The summed E-state index contributed by atoms with van der Waals surface area (Å²) in [5, 5.41) is 13.2. The summed E-state index contributed by atoms with van der Waals surface area (Å²) in [7, 11) is 0. The normalized spacial score (nSPS) is 13.7. The maximum Gasteiger partial charge on any atom is 0.223 e. The van der Waals surface area contributed by atoms with Crippen LogP contribution >= 0.6 is 0 Å². The van der Waals surface area contributed by atoms with Crippen LogP contribution in [0.5, 0.6) is 0 Å². The van der Waals surface area contributed by atoms with E-state index in [-0.39, 0.29) is 12.5 Å². The quantitative estimate of drug-likeness (QED) is 0.859. The number of carbonyl (C=O) groups excluding carboxylic acids is 1. The van der Waals surface area contributed by atoms with Crippen LogP contribution in [0.3, 0.4) is 0 Å². The van der Waals surface area contributed by atoms with Crippen LogP contribution in [-0.2, 0) is 10.4 Å². The molecule has 1 amide bonds. The van der Waals surface area contributed by atoms with Crippen LogP contribution < -0.4 is 5.32 Å². The summed E-state index contributed by atoms with van der Waals surface area (Å²) in [5.74, 6) is -0.107. The highest BCUT2D eigenvalue weighted by Crippen LogP contribution is 2.18. The number of carbonyl (C=O) groups is 1. The van der Waals surface area contributed by atoms with E-state index in [1.54, 1.807) is 6.92 Å². The van der Waals surface area contributed by atoms with Gasteiger partial charge in [-0.3, -0.25) is 4.79 Å². The Morgan fingerprint density at radius 2 is 1.78 bits per heavy atom. The van der Waals surface area contributed by atoms with Gasteiger partial charge in [0, 0.05) is 6.42 Å². The third kappa shape index (κ3) is 5.38. The predicted octanol–water partition coefficient (Wildman–Crippen LogP) is 3.42. The van der Waals surface area contributed by atoms with E-state index >= 15 is 0 Å². The third-order valence-electron chi connectivity index (χ3n) is 3.72. The number of amides is 1. The van der Waals surface area contributed by atoms with E-state index in [2.05, 4.69) is 5.32 Å². The Hall–Kier alpha value is -2.39. The summed E-state index contributed by atoms with van der Waals surface area (Å²) in [6.07, 6.45) is 4.05. The van der Waals surface area contributed by atoms with Gasteiger partial charge in [0.1, 0.15) is 5.60 Å². The van der Waals surface area contributed by atoms with Crippen LogP contribution in [0.2, 0.25) is 0 Å². The number of aliphatic hydroxyl groups is 1. The number of hydrogen-bond donors (Lipinski definition) is 2. The molecule has 0 aliphatic rings. The molecule has 2 aromatic rings. The molecule has 1 unspecified atom stereocenters. The van der Waals surface area contributed by atoms with Crippen molar-refractivity contribution in [2.24, 2.45) is 0 Å². The van der Waals surface area contributed by atoms with Gasteiger partial charge in [-0.15, -0.1) is 0 Å². The molecule has 0 aromatic heterocycles. The SMILES string of the molecule is Cc1ccc(C=CCC(=O)NCC(C)(O)c2ccccc2)cc1. The van der Waals surface area contributed by atoms with E-state index in [0.717, 1.165) is 11.1 Å². The molecule has 0 bridgehead atoms. The van der Waals surface area contributed by atoms with E-state index in [0.29, 0.717) is 6.42 Å². The molecule has 0 radical (unpaired) electrons. The van der Waals surface area contributed by atoms with Gasteiger partial charge in [-0.25, -0.2) is 0 Å². The zero-order valence-electron chi connectivity index (χ0n) is 13.6. The first-order valence-electron chi connectivity index (χ1n) is 7.75. The van der Waals surface area contributed by atoms with Crippen molar-refractivity contribution in [1.82, 2.24) is 5.32 Å². The fourth-order valence-electron chi connectivity index (χ4n) is 2.22. The molecule has 0 saturated heterocycles. The highest BCUT2D eigenvalue weighted by Gasteiger charge is 2.23. The largest absolute Gasteiger partial charge is 0.384 e. The number of rotatable bonds is 6. The molecule has 0 spiro atoms. The lowest BCUT2D eigenvalue weighted by molar-refractivity contribution is -0.121. The van der Waals surface area contributed by atoms with Gasteiger partial charge < -0.3 is 10.4 Å². The van der Waals surface area contributed by atoms with Gasteiger partial charge in [-0.1, -0.05) is 72.3 Å². The predicted molar refractivity (Wildman–Crippen MR) is 93.9 cm³/mol.